The Bertz CT molecular complexity index is 879. The molecule has 0 aliphatic heterocycles. The molecule has 0 saturated heterocycles. The van der Waals surface area contributed by atoms with Crippen molar-refractivity contribution in [1.29, 1.82) is 0 Å². The molecule has 1 aliphatic carbocycles. The number of ether oxygens (including phenoxy) is 2. The second-order valence-electron chi connectivity index (χ2n) is 6.92. The zero-order valence-corrected chi connectivity index (χ0v) is 17.8. The topological polar surface area (TPSA) is 64.6 Å². The number of anilines is 1. The van der Waals surface area contributed by atoms with Gasteiger partial charge in [0.2, 0.25) is 0 Å². The maximum Gasteiger partial charge on any atom is 0.341 e. The Kier molecular flexibility index (Phi) is 6.62. The van der Waals surface area contributed by atoms with Crippen molar-refractivity contribution >= 4 is 39.8 Å². The number of carbonyl (C=O) groups is 2. The fourth-order valence-corrected chi connectivity index (χ4v) is 4.95. The Morgan fingerprint density at radius 1 is 1.39 bits per heavy atom. The van der Waals surface area contributed by atoms with Crippen LogP contribution in [-0.2, 0) is 22.4 Å². The first-order chi connectivity index (χ1) is 13.4. The highest BCUT2D eigenvalue weighted by Gasteiger charge is 2.30. The van der Waals surface area contributed by atoms with E-state index in [1.54, 1.807) is 31.2 Å². The first kappa shape index (κ1) is 20.7. The number of carbonyl (C=O) groups excluding carboxylic acids is 2. The number of benzene rings is 1. The van der Waals surface area contributed by atoms with Gasteiger partial charge in [0.15, 0.2) is 6.10 Å². The molecule has 0 fully saturated rings. The van der Waals surface area contributed by atoms with Crippen LogP contribution in [0.5, 0.6) is 5.75 Å². The van der Waals surface area contributed by atoms with Crippen molar-refractivity contribution in [3.63, 3.8) is 0 Å². The summed E-state index contributed by atoms with van der Waals surface area (Å²) >= 11 is 7.43. The summed E-state index contributed by atoms with van der Waals surface area (Å²) in [5.41, 5.74) is 1.50. The van der Waals surface area contributed by atoms with Crippen molar-refractivity contribution in [3.8, 4) is 5.75 Å². The molecular formula is C21H24ClNO4S. The van der Waals surface area contributed by atoms with Gasteiger partial charge in [-0.1, -0.05) is 31.0 Å². The van der Waals surface area contributed by atoms with Gasteiger partial charge in [0.25, 0.3) is 5.91 Å². The van der Waals surface area contributed by atoms with Gasteiger partial charge >= 0.3 is 5.97 Å². The molecule has 5 nitrogen and oxygen atoms in total. The van der Waals surface area contributed by atoms with Crippen LogP contribution in [0, 0.1) is 5.92 Å². The molecule has 1 heterocycles. The van der Waals surface area contributed by atoms with E-state index in [1.165, 1.54) is 18.4 Å². The van der Waals surface area contributed by atoms with E-state index >= 15 is 0 Å². The molecule has 1 aliphatic rings. The molecule has 7 heteroatoms. The minimum Gasteiger partial charge on any atom is -0.481 e. The third-order valence-electron chi connectivity index (χ3n) is 5.05. The normalized spacial score (nSPS) is 16.8. The molecule has 2 atom stereocenters. The van der Waals surface area contributed by atoms with E-state index in [-0.39, 0.29) is 5.91 Å². The minimum atomic E-state index is -0.744. The van der Waals surface area contributed by atoms with Crippen molar-refractivity contribution < 1.29 is 19.1 Å². The molecule has 28 heavy (non-hydrogen) atoms. The van der Waals surface area contributed by atoms with Gasteiger partial charge in [0.1, 0.15) is 10.8 Å². The second kappa shape index (κ2) is 8.97. The molecule has 1 aromatic heterocycles. The van der Waals surface area contributed by atoms with Gasteiger partial charge in [-0.15, -0.1) is 11.3 Å². The Morgan fingerprint density at radius 3 is 2.86 bits per heavy atom. The van der Waals surface area contributed by atoms with Gasteiger partial charge in [-0.25, -0.2) is 4.79 Å². The number of hydrogen-bond donors (Lipinski definition) is 1. The number of nitrogens with one attached hydrogen (secondary N) is 1. The standard InChI is InChI=1S/C21H24ClNO4S/c1-4-13-8-9-16-17(10-13)28-20(18(16)21(25)26-3)23-19(24)12(2)27-15-7-5-6-14(22)11-15/h5-7,11-13H,4,8-10H2,1-3H3,(H,23,24)/t12-,13-/m1/s1. The molecule has 1 N–H and O–H groups in total. The molecular weight excluding hydrogens is 398 g/mol. The third kappa shape index (κ3) is 4.50. The Hall–Kier alpha value is -2.05. The van der Waals surface area contributed by atoms with Gasteiger partial charge in [-0.3, -0.25) is 4.79 Å². The molecule has 0 spiro atoms. The summed E-state index contributed by atoms with van der Waals surface area (Å²) in [5, 5.41) is 3.95. The molecule has 3 rings (SSSR count). The number of esters is 1. The Labute approximate surface area is 174 Å². The van der Waals surface area contributed by atoms with Crippen molar-refractivity contribution in [2.24, 2.45) is 5.92 Å². The average Bonchev–Trinajstić information content (AvgIpc) is 3.04. The van der Waals surface area contributed by atoms with E-state index in [0.29, 0.717) is 27.3 Å². The van der Waals surface area contributed by atoms with Crippen LogP contribution in [0.25, 0.3) is 0 Å². The number of amides is 1. The first-order valence-corrected chi connectivity index (χ1v) is 10.6. The van der Waals surface area contributed by atoms with Crippen LogP contribution in [0.3, 0.4) is 0 Å². The molecule has 1 aromatic carbocycles. The number of fused-ring (bicyclic) bond motifs is 1. The number of thiophene rings is 1. The summed E-state index contributed by atoms with van der Waals surface area (Å²) in [7, 11) is 1.36. The lowest BCUT2D eigenvalue weighted by molar-refractivity contribution is -0.122. The summed E-state index contributed by atoms with van der Waals surface area (Å²) in [6.07, 6.45) is 3.18. The fraction of sp³-hybridized carbons (Fsp3) is 0.429. The smallest absolute Gasteiger partial charge is 0.341 e. The zero-order chi connectivity index (χ0) is 20.3. The van der Waals surface area contributed by atoms with Gasteiger partial charge in [-0.2, -0.15) is 0 Å². The van der Waals surface area contributed by atoms with E-state index < -0.39 is 12.1 Å². The summed E-state index contributed by atoms with van der Waals surface area (Å²) in [4.78, 5) is 26.2. The Morgan fingerprint density at radius 2 is 2.18 bits per heavy atom. The van der Waals surface area contributed by atoms with Gasteiger partial charge < -0.3 is 14.8 Å². The quantitative estimate of drug-likeness (QED) is 0.658. The predicted octanol–water partition coefficient (Wildman–Crippen LogP) is 5.11. The van der Waals surface area contributed by atoms with E-state index in [0.717, 1.165) is 36.1 Å². The van der Waals surface area contributed by atoms with E-state index in [2.05, 4.69) is 12.2 Å². The average molecular weight is 422 g/mol. The van der Waals surface area contributed by atoms with Crippen LogP contribution in [0.2, 0.25) is 5.02 Å². The van der Waals surface area contributed by atoms with Gasteiger partial charge in [0, 0.05) is 9.90 Å². The van der Waals surface area contributed by atoms with Crippen molar-refractivity contribution in [3.05, 3.63) is 45.3 Å². The lowest BCUT2D eigenvalue weighted by atomic mass is 9.85. The molecule has 0 unspecified atom stereocenters. The minimum absolute atomic E-state index is 0.323. The van der Waals surface area contributed by atoms with Gasteiger partial charge in [0.05, 0.1) is 12.7 Å². The van der Waals surface area contributed by atoms with Crippen LogP contribution in [0.15, 0.2) is 24.3 Å². The van der Waals surface area contributed by atoms with Crippen LogP contribution in [0.4, 0.5) is 5.00 Å². The number of hydrogen-bond acceptors (Lipinski definition) is 5. The highest BCUT2D eigenvalue weighted by Crippen LogP contribution is 2.40. The van der Waals surface area contributed by atoms with Crippen molar-refractivity contribution in [2.45, 2.75) is 45.6 Å². The molecule has 0 bridgehead atoms. The largest absolute Gasteiger partial charge is 0.481 e. The monoisotopic (exact) mass is 421 g/mol. The van der Waals surface area contributed by atoms with E-state index in [1.807, 2.05) is 0 Å². The number of methoxy groups -OCH3 is 1. The highest BCUT2D eigenvalue weighted by molar-refractivity contribution is 7.17. The van der Waals surface area contributed by atoms with E-state index in [9.17, 15) is 9.59 Å². The van der Waals surface area contributed by atoms with Crippen molar-refractivity contribution in [2.75, 3.05) is 12.4 Å². The number of halogens is 1. The SMILES string of the molecule is CC[C@@H]1CCc2c(sc(NC(=O)[C@@H](C)Oc3cccc(Cl)c3)c2C(=O)OC)C1. The molecule has 0 radical (unpaired) electrons. The van der Waals surface area contributed by atoms with Crippen LogP contribution < -0.4 is 10.1 Å². The molecule has 1 amide bonds. The van der Waals surface area contributed by atoms with Crippen LogP contribution >= 0.6 is 22.9 Å². The van der Waals surface area contributed by atoms with Crippen LogP contribution in [-0.4, -0.2) is 25.1 Å². The Balaban J connectivity index is 1.79. The summed E-state index contributed by atoms with van der Waals surface area (Å²) < 4.78 is 10.7. The highest BCUT2D eigenvalue weighted by atomic mass is 35.5. The summed E-state index contributed by atoms with van der Waals surface area (Å²) in [5.74, 6) is 0.395. The molecule has 150 valence electrons. The molecule has 2 aromatic rings. The zero-order valence-electron chi connectivity index (χ0n) is 16.2. The summed E-state index contributed by atoms with van der Waals surface area (Å²) in [6, 6.07) is 6.89. The first-order valence-electron chi connectivity index (χ1n) is 9.38. The van der Waals surface area contributed by atoms with Crippen molar-refractivity contribution in [1.82, 2.24) is 0 Å². The maximum absolute atomic E-state index is 12.7. The predicted molar refractivity (Wildman–Crippen MR) is 112 cm³/mol. The van der Waals surface area contributed by atoms with E-state index in [4.69, 9.17) is 21.1 Å². The van der Waals surface area contributed by atoms with Crippen LogP contribution in [0.1, 0.15) is 47.5 Å². The lowest BCUT2D eigenvalue weighted by Gasteiger charge is -2.20. The summed E-state index contributed by atoms with van der Waals surface area (Å²) in [6.45, 7) is 3.84. The number of rotatable bonds is 6. The fourth-order valence-electron chi connectivity index (χ4n) is 3.42. The van der Waals surface area contributed by atoms with Gasteiger partial charge in [-0.05, 0) is 55.9 Å². The molecule has 0 saturated carbocycles. The third-order valence-corrected chi connectivity index (χ3v) is 6.45. The maximum atomic E-state index is 12.7. The second-order valence-corrected chi connectivity index (χ2v) is 8.46. The lowest BCUT2D eigenvalue weighted by Crippen LogP contribution is -2.30.